The molecule has 0 spiro atoms. The van der Waals surface area contributed by atoms with Gasteiger partial charge in [-0.15, -0.1) is 0 Å². The van der Waals surface area contributed by atoms with Crippen molar-refractivity contribution in [1.82, 2.24) is 5.32 Å². The van der Waals surface area contributed by atoms with Gasteiger partial charge in [-0.1, -0.05) is 34.1 Å². The summed E-state index contributed by atoms with van der Waals surface area (Å²) in [6, 6.07) is 0.0941. The molecule has 0 radical (unpaired) electrons. The van der Waals surface area contributed by atoms with Gasteiger partial charge in [0.05, 0.1) is 0 Å². The average Bonchev–Trinajstić information content (AvgIpc) is 2.96. The molecule has 0 aromatic carbocycles. The van der Waals surface area contributed by atoms with E-state index in [0.29, 0.717) is 31.6 Å². The Kier molecular flexibility index (Phi) is 6.08. The summed E-state index contributed by atoms with van der Waals surface area (Å²) < 4.78 is 0. The zero-order chi connectivity index (χ0) is 21.6. The lowest BCUT2D eigenvalue weighted by molar-refractivity contribution is -0.160. The molecule has 0 unspecified atom stereocenters. The number of carbonyl (C=O) groups excluding carboxylic acids is 4. The fourth-order valence-corrected chi connectivity index (χ4v) is 6.40. The normalized spacial score (nSPS) is 38.9. The first kappa shape index (κ1) is 22.2. The van der Waals surface area contributed by atoms with Crippen LogP contribution in [0.1, 0.15) is 86.0 Å². The van der Waals surface area contributed by atoms with E-state index in [2.05, 4.69) is 19.2 Å². The average molecular weight is 404 g/mol. The molecule has 0 bridgehead atoms. The lowest BCUT2D eigenvalue weighted by Crippen LogP contribution is -2.56. The molecule has 0 aliphatic heterocycles. The van der Waals surface area contributed by atoms with Crippen LogP contribution in [0.4, 0.5) is 0 Å². The fraction of sp³-hybridized carbons (Fsp3) is 0.833. The van der Waals surface area contributed by atoms with Crippen LogP contribution in [0.25, 0.3) is 0 Å². The van der Waals surface area contributed by atoms with E-state index >= 15 is 0 Å². The highest BCUT2D eigenvalue weighted by Crippen LogP contribution is 2.60. The van der Waals surface area contributed by atoms with E-state index in [9.17, 15) is 19.2 Å². The Morgan fingerprint density at radius 3 is 2.41 bits per heavy atom. The van der Waals surface area contributed by atoms with Crippen molar-refractivity contribution in [2.24, 2.45) is 34.5 Å². The number of amides is 1. The number of rotatable bonds is 6. The van der Waals surface area contributed by atoms with E-state index < -0.39 is 10.8 Å². The van der Waals surface area contributed by atoms with Gasteiger partial charge in [-0.05, 0) is 43.9 Å². The quantitative estimate of drug-likeness (QED) is 0.730. The predicted molar refractivity (Wildman–Crippen MR) is 111 cm³/mol. The second-order valence-electron chi connectivity index (χ2n) is 10.4. The lowest BCUT2D eigenvalue weighted by atomic mass is 9.48. The Bertz CT molecular complexity index is 716. The van der Waals surface area contributed by atoms with Crippen LogP contribution in [0.15, 0.2) is 0 Å². The summed E-state index contributed by atoms with van der Waals surface area (Å²) in [6.45, 7) is 10.1. The number of carbonyl (C=O) groups is 4. The lowest BCUT2D eigenvalue weighted by Gasteiger charge is -2.53. The van der Waals surface area contributed by atoms with Crippen molar-refractivity contribution in [3.63, 3.8) is 0 Å². The monoisotopic (exact) mass is 403 g/mol. The highest BCUT2D eigenvalue weighted by atomic mass is 16.2. The molecule has 5 heteroatoms. The molecule has 1 N–H and O–H groups in total. The van der Waals surface area contributed by atoms with Crippen molar-refractivity contribution in [3.05, 3.63) is 0 Å². The van der Waals surface area contributed by atoms with Gasteiger partial charge in [-0.2, -0.15) is 0 Å². The molecule has 3 fully saturated rings. The van der Waals surface area contributed by atoms with Crippen molar-refractivity contribution >= 4 is 23.3 Å². The minimum Gasteiger partial charge on any atom is -0.353 e. The first-order valence-electron chi connectivity index (χ1n) is 11.4. The summed E-state index contributed by atoms with van der Waals surface area (Å²) in [6.07, 6.45) is 4.48. The highest BCUT2D eigenvalue weighted by molar-refractivity contribution is 5.99. The van der Waals surface area contributed by atoms with Gasteiger partial charge in [0, 0.05) is 48.5 Å². The van der Waals surface area contributed by atoms with Crippen LogP contribution in [0.3, 0.4) is 0 Å². The summed E-state index contributed by atoms with van der Waals surface area (Å²) in [5.41, 5.74) is -1.33. The Hall–Kier alpha value is -1.52. The number of hydrogen-bond donors (Lipinski definition) is 1. The largest absolute Gasteiger partial charge is 0.353 e. The number of Topliss-reactive ketones (excluding diaryl/α,β-unsaturated/α-hetero) is 3. The third-order valence-corrected chi connectivity index (χ3v) is 8.76. The van der Waals surface area contributed by atoms with Crippen LogP contribution in [0.5, 0.6) is 0 Å². The molecule has 5 nitrogen and oxygen atoms in total. The van der Waals surface area contributed by atoms with E-state index in [1.165, 1.54) is 0 Å². The van der Waals surface area contributed by atoms with Gasteiger partial charge in [-0.3, -0.25) is 19.2 Å². The van der Waals surface area contributed by atoms with Gasteiger partial charge in [0.2, 0.25) is 5.91 Å². The summed E-state index contributed by atoms with van der Waals surface area (Å²) in [7, 11) is 0. The van der Waals surface area contributed by atoms with Gasteiger partial charge in [-0.25, -0.2) is 0 Å². The molecule has 0 heterocycles. The van der Waals surface area contributed by atoms with Crippen LogP contribution in [-0.2, 0) is 19.2 Å². The van der Waals surface area contributed by atoms with Gasteiger partial charge in [0.25, 0.3) is 0 Å². The van der Waals surface area contributed by atoms with Gasteiger partial charge in [0.15, 0.2) is 0 Å². The molecule has 7 atom stereocenters. The molecule has 162 valence electrons. The van der Waals surface area contributed by atoms with E-state index in [4.69, 9.17) is 0 Å². The molecule has 1 amide bonds. The van der Waals surface area contributed by atoms with Crippen molar-refractivity contribution in [1.29, 1.82) is 0 Å². The second kappa shape index (κ2) is 7.96. The zero-order valence-corrected chi connectivity index (χ0v) is 18.7. The number of nitrogens with one attached hydrogen (secondary N) is 1. The molecular formula is C24H37NO4. The van der Waals surface area contributed by atoms with Crippen molar-refractivity contribution < 1.29 is 19.2 Å². The van der Waals surface area contributed by atoms with Crippen LogP contribution in [0, 0.1) is 34.5 Å². The van der Waals surface area contributed by atoms with Crippen LogP contribution in [0.2, 0.25) is 0 Å². The minimum absolute atomic E-state index is 0.0434. The summed E-state index contributed by atoms with van der Waals surface area (Å²) in [5, 5.41) is 3.05. The van der Waals surface area contributed by atoms with E-state index in [1.807, 2.05) is 20.8 Å². The predicted octanol–water partition coefficient (Wildman–Crippen LogP) is 3.88. The third kappa shape index (κ3) is 3.70. The Labute approximate surface area is 174 Å². The van der Waals surface area contributed by atoms with Gasteiger partial charge >= 0.3 is 0 Å². The maximum absolute atomic E-state index is 13.2. The molecule has 3 saturated carbocycles. The SMILES string of the molecule is CC[C@H](C)[C@@H](C)NC(=O)CC[C@@]1(C)C(=O)CC[C@@H]2[C@@H]1C(=O)C[C@]1(C)C(=O)CC[C@@H]21. The number of ketones is 3. The highest BCUT2D eigenvalue weighted by Gasteiger charge is 2.62. The molecule has 3 aliphatic rings. The van der Waals surface area contributed by atoms with E-state index in [1.54, 1.807) is 0 Å². The minimum atomic E-state index is -0.788. The fourth-order valence-electron chi connectivity index (χ4n) is 6.40. The first-order valence-corrected chi connectivity index (χ1v) is 11.4. The van der Waals surface area contributed by atoms with Crippen molar-refractivity contribution in [3.8, 4) is 0 Å². The van der Waals surface area contributed by atoms with Gasteiger partial charge in [0.1, 0.15) is 17.3 Å². The first-order chi connectivity index (χ1) is 13.5. The molecule has 0 aromatic rings. The maximum atomic E-state index is 13.2. The van der Waals surface area contributed by atoms with Crippen molar-refractivity contribution in [2.75, 3.05) is 0 Å². The van der Waals surface area contributed by atoms with Crippen LogP contribution >= 0.6 is 0 Å². The van der Waals surface area contributed by atoms with Gasteiger partial charge < -0.3 is 5.32 Å². The topological polar surface area (TPSA) is 80.3 Å². The van der Waals surface area contributed by atoms with E-state index in [0.717, 1.165) is 12.8 Å². The molecule has 0 aromatic heterocycles. The summed E-state index contributed by atoms with van der Waals surface area (Å²) in [4.78, 5) is 51.3. The number of fused-ring (bicyclic) bond motifs is 3. The second-order valence-corrected chi connectivity index (χ2v) is 10.4. The Balaban J connectivity index is 1.76. The third-order valence-electron chi connectivity index (χ3n) is 8.76. The molecule has 3 rings (SSSR count). The summed E-state index contributed by atoms with van der Waals surface area (Å²) >= 11 is 0. The molecular weight excluding hydrogens is 366 g/mol. The molecule has 3 aliphatic carbocycles. The summed E-state index contributed by atoms with van der Waals surface area (Å²) in [5.74, 6) is 0.697. The van der Waals surface area contributed by atoms with Crippen molar-refractivity contribution in [2.45, 2.75) is 92.0 Å². The van der Waals surface area contributed by atoms with Crippen LogP contribution < -0.4 is 5.32 Å². The zero-order valence-electron chi connectivity index (χ0n) is 18.7. The Morgan fingerprint density at radius 2 is 1.76 bits per heavy atom. The smallest absolute Gasteiger partial charge is 0.220 e. The van der Waals surface area contributed by atoms with Crippen LogP contribution in [-0.4, -0.2) is 29.3 Å². The number of hydrogen-bond acceptors (Lipinski definition) is 4. The molecule has 29 heavy (non-hydrogen) atoms. The standard InChI is InChI=1S/C24H37NO4/c1-6-14(2)15(3)25-21(29)11-12-23(4)19(27)9-7-16-17-8-10-20(28)24(17,5)13-18(26)22(16)23/h14-17,22H,6-13H2,1-5H3,(H,25,29)/t14-,15+,16-,17-,22+,23-,24-/m0/s1. The van der Waals surface area contributed by atoms with E-state index in [-0.39, 0.29) is 59.9 Å². The molecule has 0 saturated heterocycles. The maximum Gasteiger partial charge on any atom is 0.220 e. The Morgan fingerprint density at radius 1 is 1.10 bits per heavy atom.